The molecule has 1 atom stereocenters. The quantitative estimate of drug-likeness (QED) is 0.647. The Morgan fingerprint density at radius 2 is 2.04 bits per heavy atom. The number of nitrogens with one attached hydrogen (secondary N) is 1. The number of aromatic nitrogens is 1. The van der Waals surface area contributed by atoms with Gasteiger partial charge in [-0.15, -0.1) is 0 Å². The summed E-state index contributed by atoms with van der Waals surface area (Å²) in [5.74, 6) is 0.296. The van der Waals surface area contributed by atoms with Crippen LogP contribution in [0.4, 0.5) is 5.82 Å². The molecule has 0 spiro atoms. The van der Waals surface area contributed by atoms with Gasteiger partial charge in [0.1, 0.15) is 5.76 Å². The molecule has 0 radical (unpaired) electrons. The maximum atomic E-state index is 13.1. The summed E-state index contributed by atoms with van der Waals surface area (Å²) in [6.07, 6.45) is 1.32. The molecule has 1 unspecified atom stereocenters. The second-order valence-corrected chi connectivity index (χ2v) is 6.35. The Bertz CT molecular complexity index is 730. The molecule has 146 valence electrons. The molecule has 2 amide bonds. The van der Waals surface area contributed by atoms with Crippen LogP contribution in [0.5, 0.6) is 0 Å². The van der Waals surface area contributed by atoms with Gasteiger partial charge in [0.05, 0.1) is 12.5 Å². The van der Waals surface area contributed by atoms with Crippen molar-refractivity contribution < 1.29 is 18.8 Å². The van der Waals surface area contributed by atoms with Gasteiger partial charge < -0.3 is 19.5 Å². The summed E-state index contributed by atoms with van der Waals surface area (Å²) in [5.41, 5.74) is 0.953. The van der Waals surface area contributed by atoms with E-state index >= 15 is 0 Å². The summed E-state index contributed by atoms with van der Waals surface area (Å²) in [6, 6.07) is 11.3. The summed E-state index contributed by atoms with van der Waals surface area (Å²) < 4.78 is 10.0. The lowest BCUT2D eigenvalue weighted by Gasteiger charge is -2.26. The average Bonchev–Trinajstić information content (AvgIpc) is 3.07. The van der Waals surface area contributed by atoms with Gasteiger partial charge in [0.25, 0.3) is 0 Å². The van der Waals surface area contributed by atoms with E-state index in [2.05, 4.69) is 10.5 Å². The van der Waals surface area contributed by atoms with Gasteiger partial charge in [-0.05, 0) is 25.3 Å². The van der Waals surface area contributed by atoms with Crippen molar-refractivity contribution in [2.75, 3.05) is 32.1 Å². The Labute approximate surface area is 159 Å². The van der Waals surface area contributed by atoms with Crippen LogP contribution in [0.25, 0.3) is 0 Å². The molecule has 1 aromatic heterocycles. The monoisotopic (exact) mass is 373 g/mol. The van der Waals surface area contributed by atoms with Gasteiger partial charge in [0.15, 0.2) is 5.82 Å². The number of hydrogen-bond donors (Lipinski definition) is 1. The molecular formula is C20H27N3O4. The van der Waals surface area contributed by atoms with Crippen molar-refractivity contribution in [3.63, 3.8) is 0 Å². The molecule has 7 heteroatoms. The molecule has 0 fully saturated rings. The Balaban J connectivity index is 2.09. The highest BCUT2D eigenvalue weighted by atomic mass is 16.5. The standard InChI is InChI=1S/C20H27N3O4/c1-4-17(16-9-6-5-7-10-16)20(25)23(11-8-12-26-3)14-19(24)21-18-13-15(2)27-22-18/h5-7,9-10,13,17H,4,8,11-12,14H2,1-3H3,(H,21,22,24). The Hall–Kier alpha value is -2.67. The van der Waals surface area contributed by atoms with Crippen LogP contribution in [0.15, 0.2) is 40.9 Å². The molecule has 0 bridgehead atoms. The Kier molecular flexibility index (Phi) is 8.00. The second-order valence-electron chi connectivity index (χ2n) is 6.35. The van der Waals surface area contributed by atoms with Crippen LogP contribution in [0.2, 0.25) is 0 Å². The zero-order valence-electron chi connectivity index (χ0n) is 16.1. The lowest BCUT2D eigenvalue weighted by Crippen LogP contribution is -2.41. The zero-order valence-corrected chi connectivity index (χ0v) is 16.1. The first-order valence-electron chi connectivity index (χ1n) is 9.11. The van der Waals surface area contributed by atoms with Crippen LogP contribution in [0.1, 0.15) is 37.0 Å². The lowest BCUT2D eigenvalue weighted by atomic mass is 9.95. The first kappa shape index (κ1) is 20.6. The first-order valence-corrected chi connectivity index (χ1v) is 9.11. The molecule has 7 nitrogen and oxygen atoms in total. The van der Waals surface area contributed by atoms with E-state index < -0.39 is 0 Å². The minimum Gasteiger partial charge on any atom is -0.385 e. The molecule has 1 heterocycles. The van der Waals surface area contributed by atoms with Crippen molar-refractivity contribution in [3.05, 3.63) is 47.7 Å². The van der Waals surface area contributed by atoms with E-state index in [-0.39, 0.29) is 24.3 Å². The predicted octanol–water partition coefficient (Wildman–Crippen LogP) is 2.98. The highest BCUT2D eigenvalue weighted by Gasteiger charge is 2.26. The number of nitrogens with zero attached hydrogens (tertiary/aromatic N) is 2. The maximum absolute atomic E-state index is 13.1. The smallest absolute Gasteiger partial charge is 0.245 e. The molecule has 0 saturated heterocycles. The van der Waals surface area contributed by atoms with Crippen LogP contribution in [0, 0.1) is 6.92 Å². The normalized spacial score (nSPS) is 11.8. The van der Waals surface area contributed by atoms with E-state index in [4.69, 9.17) is 9.26 Å². The molecule has 27 heavy (non-hydrogen) atoms. The number of carbonyl (C=O) groups is 2. The lowest BCUT2D eigenvalue weighted by molar-refractivity contribution is -0.136. The van der Waals surface area contributed by atoms with Gasteiger partial charge in [-0.2, -0.15) is 0 Å². The van der Waals surface area contributed by atoms with Crippen molar-refractivity contribution in [1.29, 1.82) is 0 Å². The topological polar surface area (TPSA) is 84.7 Å². The summed E-state index contributed by atoms with van der Waals surface area (Å²) in [6.45, 7) is 4.64. The average molecular weight is 373 g/mol. The van der Waals surface area contributed by atoms with Gasteiger partial charge in [0.2, 0.25) is 11.8 Å². The zero-order chi connectivity index (χ0) is 19.6. The molecule has 0 aliphatic carbocycles. The number of aryl methyl sites for hydroxylation is 1. The summed E-state index contributed by atoms with van der Waals surface area (Å²) >= 11 is 0. The number of hydrogen-bond acceptors (Lipinski definition) is 5. The minimum absolute atomic E-state index is 0.0439. The van der Waals surface area contributed by atoms with Gasteiger partial charge in [0, 0.05) is 26.3 Å². The molecular weight excluding hydrogens is 346 g/mol. The molecule has 0 aliphatic rings. The number of carbonyl (C=O) groups excluding carboxylic acids is 2. The molecule has 2 rings (SSSR count). The van der Waals surface area contributed by atoms with Crippen molar-refractivity contribution >= 4 is 17.6 Å². The third-order valence-electron chi connectivity index (χ3n) is 4.23. The highest BCUT2D eigenvalue weighted by molar-refractivity contribution is 5.95. The third-order valence-corrected chi connectivity index (χ3v) is 4.23. The van der Waals surface area contributed by atoms with E-state index in [0.29, 0.717) is 37.6 Å². The fourth-order valence-corrected chi connectivity index (χ4v) is 2.91. The van der Waals surface area contributed by atoms with E-state index in [9.17, 15) is 9.59 Å². The molecule has 0 aliphatic heterocycles. The highest BCUT2D eigenvalue weighted by Crippen LogP contribution is 2.22. The van der Waals surface area contributed by atoms with Gasteiger partial charge in [-0.25, -0.2) is 0 Å². The molecule has 1 aromatic carbocycles. The van der Waals surface area contributed by atoms with Crippen LogP contribution in [-0.2, 0) is 14.3 Å². The summed E-state index contributed by atoms with van der Waals surface area (Å²) in [4.78, 5) is 27.1. The molecule has 1 N–H and O–H groups in total. The maximum Gasteiger partial charge on any atom is 0.245 e. The van der Waals surface area contributed by atoms with E-state index in [0.717, 1.165) is 5.56 Å². The number of methoxy groups -OCH3 is 1. The van der Waals surface area contributed by atoms with Crippen molar-refractivity contribution in [1.82, 2.24) is 10.1 Å². The van der Waals surface area contributed by atoms with Gasteiger partial charge in [-0.1, -0.05) is 42.4 Å². The van der Waals surface area contributed by atoms with Crippen LogP contribution in [-0.4, -0.2) is 48.7 Å². The second kappa shape index (κ2) is 10.5. The SMILES string of the molecule is CCC(C(=O)N(CCCOC)CC(=O)Nc1cc(C)on1)c1ccccc1. The summed E-state index contributed by atoms with van der Waals surface area (Å²) in [5, 5.41) is 6.42. The fraction of sp³-hybridized carbons (Fsp3) is 0.450. The Morgan fingerprint density at radius 3 is 2.63 bits per heavy atom. The van der Waals surface area contributed by atoms with E-state index in [1.165, 1.54) is 0 Å². The van der Waals surface area contributed by atoms with Gasteiger partial charge >= 0.3 is 0 Å². The van der Waals surface area contributed by atoms with Gasteiger partial charge in [-0.3, -0.25) is 9.59 Å². The largest absolute Gasteiger partial charge is 0.385 e. The minimum atomic E-state index is -0.308. The molecule has 0 saturated carbocycles. The van der Waals surface area contributed by atoms with E-state index in [1.807, 2.05) is 37.3 Å². The van der Waals surface area contributed by atoms with E-state index in [1.54, 1.807) is 25.0 Å². The first-order chi connectivity index (χ1) is 13.0. The number of amides is 2. The molecule has 2 aromatic rings. The number of benzene rings is 1. The van der Waals surface area contributed by atoms with Crippen molar-refractivity contribution in [2.24, 2.45) is 0 Å². The van der Waals surface area contributed by atoms with Crippen LogP contribution < -0.4 is 5.32 Å². The van der Waals surface area contributed by atoms with Crippen molar-refractivity contribution in [2.45, 2.75) is 32.6 Å². The third kappa shape index (κ3) is 6.21. The fourth-order valence-electron chi connectivity index (χ4n) is 2.91. The summed E-state index contributed by atoms with van der Waals surface area (Å²) in [7, 11) is 1.62. The predicted molar refractivity (Wildman–Crippen MR) is 102 cm³/mol. The number of rotatable bonds is 10. The number of anilines is 1. The number of ether oxygens (including phenoxy) is 1. The van der Waals surface area contributed by atoms with Crippen molar-refractivity contribution in [3.8, 4) is 0 Å². The Morgan fingerprint density at radius 1 is 1.30 bits per heavy atom. The van der Waals surface area contributed by atoms with Crippen LogP contribution >= 0.6 is 0 Å². The van der Waals surface area contributed by atoms with Crippen LogP contribution in [0.3, 0.4) is 0 Å².